The Bertz CT molecular complexity index is 655. The van der Waals surface area contributed by atoms with E-state index in [1.165, 1.54) is 17.5 Å². The molecule has 0 aliphatic carbocycles. The van der Waals surface area contributed by atoms with Crippen LogP contribution in [0.25, 0.3) is 0 Å². The maximum absolute atomic E-state index is 13.1. The molecule has 0 bridgehead atoms. The number of halogens is 4. The van der Waals surface area contributed by atoms with Gasteiger partial charge in [0.2, 0.25) is 0 Å². The molecule has 0 radical (unpaired) electrons. The Morgan fingerprint density at radius 2 is 2.00 bits per heavy atom. The standard InChI is InChI=1S/C13H13BrF3N3S/c1-6-11(21-8(3)19-6)7(2)20-12-10(13(15,16)17)4-9(14)5-18-12/h4-5,7H,1-3H3,(H,18,20). The first-order valence-corrected chi connectivity index (χ1v) is 7.72. The molecule has 1 N–H and O–H groups in total. The van der Waals surface area contributed by atoms with Gasteiger partial charge in [0.1, 0.15) is 5.82 Å². The first kappa shape index (κ1) is 16.2. The third kappa shape index (κ3) is 3.74. The van der Waals surface area contributed by atoms with Crippen LogP contribution >= 0.6 is 27.3 Å². The number of thiazole rings is 1. The lowest BCUT2D eigenvalue weighted by atomic mass is 10.2. The Kier molecular flexibility index (Phi) is 4.57. The summed E-state index contributed by atoms with van der Waals surface area (Å²) in [6.07, 6.45) is -3.12. The van der Waals surface area contributed by atoms with Crippen molar-refractivity contribution in [3.63, 3.8) is 0 Å². The highest BCUT2D eigenvalue weighted by atomic mass is 79.9. The monoisotopic (exact) mass is 379 g/mol. The number of aromatic nitrogens is 2. The number of hydrogen-bond acceptors (Lipinski definition) is 4. The number of nitrogens with zero attached hydrogens (tertiary/aromatic N) is 2. The molecule has 2 rings (SSSR count). The first-order chi connectivity index (χ1) is 9.68. The van der Waals surface area contributed by atoms with Gasteiger partial charge in [-0.1, -0.05) is 0 Å². The fourth-order valence-electron chi connectivity index (χ4n) is 1.99. The number of pyridine rings is 1. The van der Waals surface area contributed by atoms with Crippen molar-refractivity contribution in [2.24, 2.45) is 0 Å². The number of nitrogens with one attached hydrogen (secondary N) is 1. The molecule has 0 aliphatic rings. The number of aryl methyl sites for hydroxylation is 2. The van der Waals surface area contributed by atoms with E-state index in [9.17, 15) is 13.2 Å². The maximum Gasteiger partial charge on any atom is 0.419 e. The van der Waals surface area contributed by atoms with E-state index in [1.54, 1.807) is 6.92 Å². The molecule has 2 aromatic heterocycles. The summed E-state index contributed by atoms with van der Waals surface area (Å²) in [7, 11) is 0. The third-order valence-corrected chi connectivity index (χ3v) is 4.53. The van der Waals surface area contributed by atoms with Crippen molar-refractivity contribution in [1.29, 1.82) is 0 Å². The van der Waals surface area contributed by atoms with Crippen LogP contribution in [-0.2, 0) is 6.18 Å². The lowest BCUT2D eigenvalue weighted by Gasteiger charge is -2.18. The van der Waals surface area contributed by atoms with Crippen LogP contribution in [0.5, 0.6) is 0 Å². The zero-order chi connectivity index (χ0) is 15.8. The van der Waals surface area contributed by atoms with Gasteiger partial charge in [0.15, 0.2) is 0 Å². The van der Waals surface area contributed by atoms with Gasteiger partial charge in [0.05, 0.1) is 22.3 Å². The molecular formula is C13H13BrF3N3S. The summed E-state index contributed by atoms with van der Waals surface area (Å²) in [5.41, 5.74) is 0.0331. The third-order valence-electron chi connectivity index (χ3n) is 2.85. The number of rotatable bonds is 3. The minimum atomic E-state index is -4.46. The average Bonchev–Trinajstić information content (AvgIpc) is 2.69. The van der Waals surface area contributed by atoms with Crippen LogP contribution in [0.3, 0.4) is 0 Å². The molecule has 21 heavy (non-hydrogen) atoms. The van der Waals surface area contributed by atoms with Gasteiger partial charge in [-0.2, -0.15) is 13.2 Å². The molecule has 0 saturated heterocycles. The average molecular weight is 380 g/mol. The van der Waals surface area contributed by atoms with E-state index in [0.717, 1.165) is 21.6 Å². The number of anilines is 1. The second-order valence-electron chi connectivity index (χ2n) is 4.60. The Balaban J connectivity index is 2.33. The van der Waals surface area contributed by atoms with Crippen LogP contribution in [0.1, 0.15) is 34.1 Å². The Hall–Kier alpha value is -1.15. The van der Waals surface area contributed by atoms with E-state index in [1.807, 2.05) is 13.8 Å². The van der Waals surface area contributed by atoms with Gasteiger partial charge in [-0.25, -0.2) is 9.97 Å². The Labute approximate surface area is 132 Å². The molecule has 1 atom stereocenters. The topological polar surface area (TPSA) is 37.8 Å². The van der Waals surface area contributed by atoms with E-state index in [0.29, 0.717) is 0 Å². The summed E-state index contributed by atoms with van der Waals surface area (Å²) in [5, 5.41) is 3.72. The molecule has 2 heterocycles. The number of hydrogen-bond donors (Lipinski definition) is 1. The van der Waals surface area contributed by atoms with Crippen molar-refractivity contribution in [2.75, 3.05) is 5.32 Å². The van der Waals surface area contributed by atoms with Gasteiger partial charge >= 0.3 is 6.18 Å². The molecule has 0 amide bonds. The molecule has 0 aliphatic heterocycles. The van der Waals surface area contributed by atoms with Gasteiger partial charge in [-0.05, 0) is 42.8 Å². The van der Waals surface area contributed by atoms with E-state index >= 15 is 0 Å². The molecule has 2 aromatic rings. The summed E-state index contributed by atoms with van der Waals surface area (Å²) in [6, 6.07) is 0.721. The second kappa shape index (κ2) is 5.92. The van der Waals surface area contributed by atoms with Gasteiger partial charge < -0.3 is 5.32 Å². The minimum Gasteiger partial charge on any atom is -0.362 e. The highest BCUT2D eigenvalue weighted by Crippen LogP contribution is 2.37. The zero-order valence-electron chi connectivity index (χ0n) is 11.5. The molecule has 0 saturated carbocycles. The summed E-state index contributed by atoms with van der Waals surface area (Å²) >= 11 is 4.48. The number of alkyl halides is 3. The van der Waals surface area contributed by atoms with Crippen LogP contribution < -0.4 is 5.32 Å². The van der Waals surface area contributed by atoms with Crippen molar-refractivity contribution in [3.05, 3.63) is 37.9 Å². The van der Waals surface area contributed by atoms with Gasteiger partial charge in [0.25, 0.3) is 0 Å². The molecule has 8 heteroatoms. The second-order valence-corrected chi connectivity index (χ2v) is 6.75. The maximum atomic E-state index is 13.1. The summed E-state index contributed by atoms with van der Waals surface area (Å²) in [4.78, 5) is 9.05. The fraction of sp³-hybridized carbons (Fsp3) is 0.385. The SMILES string of the molecule is Cc1nc(C)c(C(C)Nc2ncc(Br)cc2C(F)(F)F)s1. The lowest BCUT2D eigenvalue weighted by molar-refractivity contribution is -0.137. The van der Waals surface area contributed by atoms with E-state index in [-0.39, 0.29) is 16.3 Å². The Morgan fingerprint density at radius 1 is 1.33 bits per heavy atom. The molecule has 3 nitrogen and oxygen atoms in total. The van der Waals surface area contributed by atoms with Crippen LogP contribution in [0.2, 0.25) is 0 Å². The smallest absolute Gasteiger partial charge is 0.362 e. The molecular weight excluding hydrogens is 367 g/mol. The zero-order valence-corrected chi connectivity index (χ0v) is 13.9. The predicted molar refractivity (Wildman–Crippen MR) is 80.6 cm³/mol. The molecule has 0 spiro atoms. The highest BCUT2D eigenvalue weighted by molar-refractivity contribution is 9.10. The van der Waals surface area contributed by atoms with E-state index < -0.39 is 11.7 Å². The molecule has 114 valence electrons. The highest BCUT2D eigenvalue weighted by Gasteiger charge is 2.35. The largest absolute Gasteiger partial charge is 0.419 e. The molecule has 1 unspecified atom stereocenters. The lowest BCUT2D eigenvalue weighted by Crippen LogP contribution is -2.15. The van der Waals surface area contributed by atoms with Crippen LogP contribution in [0.15, 0.2) is 16.7 Å². The van der Waals surface area contributed by atoms with E-state index in [2.05, 4.69) is 31.2 Å². The van der Waals surface area contributed by atoms with Crippen LogP contribution in [0.4, 0.5) is 19.0 Å². The van der Waals surface area contributed by atoms with Crippen LogP contribution in [-0.4, -0.2) is 9.97 Å². The van der Waals surface area contributed by atoms with Crippen molar-refractivity contribution < 1.29 is 13.2 Å². The summed E-state index contributed by atoms with van der Waals surface area (Å²) in [6.45, 7) is 5.51. The van der Waals surface area contributed by atoms with Crippen molar-refractivity contribution in [1.82, 2.24) is 9.97 Å². The quantitative estimate of drug-likeness (QED) is 0.804. The Morgan fingerprint density at radius 3 is 2.52 bits per heavy atom. The minimum absolute atomic E-state index is 0.177. The first-order valence-electron chi connectivity index (χ1n) is 6.11. The normalized spacial score (nSPS) is 13.3. The van der Waals surface area contributed by atoms with Crippen molar-refractivity contribution in [2.45, 2.75) is 33.0 Å². The predicted octanol–water partition coefficient (Wildman–Crippen LogP) is 5.11. The van der Waals surface area contributed by atoms with Gasteiger partial charge in [-0.3, -0.25) is 0 Å². The summed E-state index contributed by atoms with van der Waals surface area (Å²) in [5.74, 6) is -0.177. The molecule has 0 aromatic carbocycles. The van der Waals surface area contributed by atoms with Crippen molar-refractivity contribution >= 4 is 33.1 Å². The van der Waals surface area contributed by atoms with Gasteiger partial charge in [-0.15, -0.1) is 11.3 Å². The van der Waals surface area contributed by atoms with Crippen molar-refractivity contribution in [3.8, 4) is 0 Å². The molecule has 0 fully saturated rings. The summed E-state index contributed by atoms with van der Waals surface area (Å²) < 4.78 is 39.5. The van der Waals surface area contributed by atoms with E-state index in [4.69, 9.17) is 0 Å². The fourth-order valence-corrected chi connectivity index (χ4v) is 3.25. The van der Waals surface area contributed by atoms with Crippen LogP contribution in [0, 0.1) is 13.8 Å². The van der Waals surface area contributed by atoms with Gasteiger partial charge in [0, 0.05) is 15.5 Å².